The van der Waals surface area contributed by atoms with Gasteiger partial charge in [0.1, 0.15) is 18.1 Å². The first-order chi connectivity index (χ1) is 14.1. The molecule has 1 aliphatic heterocycles. The molecule has 0 bridgehead atoms. The molecule has 1 aliphatic rings. The van der Waals surface area contributed by atoms with Crippen LogP contribution < -0.4 is 27.0 Å². The number of nitrogens with two attached hydrogens (primary N) is 1. The Hall–Kier alpha value is -2.34. The molecule has 170 valence electrons. The SMILES string of the molecule is CC(C)C(NC(=O)C1CCCN1)C(=O)NC(CS)C(=O)NC(CCC(N)=O)C(=O)O. The molecule has 0 aromatic carbocycles. The molecule has 0 aromatic rings. The van der Waals surface area contributed by atoms with Crippen LogP contribution in [0.15, 0.2) is 0 Å². The molecule has 1 heterocycles. The van der Waals surface area contributed by atoms with E-state index in [1.165, 1.54) is 0 Å². The number of rotatable bonds is 12. The van der Waals surface area contributed by atoms with Crippen LogP contribution in [0.2, 0.25) is 0 Å². The molecule has 4 atom stereocenters. The van der Waals surface area contributed by atoms with Gasteiger partial charge in [0.05, 0.1) is 6.04 Å². The van der Waals surface area contributed by atoms with E-state index >= 15 is 0 Å². The molecule has 30 heavy (non-hydrogen) atoms. The molecular weight excluding hydrogens is 414 g/mol. The van der Waals surface area contributed by atoms with E-state index in [-0.39, 0.29) is 36.5 Å². The minimum absolute atomic E-state index is 0.0946. The first-order valence-electron chi connectivity index (χ1n) is 9.83. The lowest BCUT2D eigenvalue weighted by Crippen LogP contribution is -2.58. The first-order valence-corrected chi connectivity index (χ1v) is 10.5. The molecule has 4 amide bonds. The Morgan fingerprint density at radius 2 is 1.73 bits per heavy atom. The van der Waals surface area contributed by atoms with Gasteiger partial charge in [-0.15, -0.1) is 0 Å². The highest BCUT2D eigenvalue weighted by molar-refractivity contribution is 7.80. The van der Waals surface area contributed by atoms with Crippen molar-refractivity contribution in [3.05, 3.63) is 0 Å². The van der Waals surface area contributed by atoms with Gasteiger partial charge in [-0.25, -0.2) is 4.79 Å². The van der Waals surface area contributed by atoms with Crippen molar-refractivity contribution in [2.45, 2.75) is 63.7 Å². The number of hydrogen-bond donors (Lipinski definition) is 7. The second-order valence-corrected chi connectivity index (χ2v) is 7.89. The Morgan fingerprint density at radius 3 is 2.20 bits per heavy atom. The zero-order valence-corrected chi connectivity index (χ0v) is 18.0. The minimum Gasteiger partial charge on any atom is -0.480 e. The summed E-state index contributed by atoms with van der Waals surface area (Å²) in [5.41, 5.74) is 5.02. The van der Waals surface area contributed by atoms with Gasteiger partial charge in [0.25, 0.3) is 0 Å². The summed E-state index contributed by atoms with van der Waals surface area (Å²) in [6.45, 7) is 4.25. The minimum atomic E-state index is -1.33. The second kappa shape index (κ2) is 12.4. The molecule has 11 nitrogen and oxygen atoms in total. The van der Waals surface area contributed by atoms with Gasteiger partial charge in [-0.05, 0) is 31.7 Å². The molecular formula is C18H31N5O6S. The fraction of sp³-hybridized carbons (Fsp3) is 0.722. The maximum absolute atomic E-state index is 12.7. The first kappa shape index (κ1) is 25.7. The summed E-state index contributed by atoms with van der Waals surface area (Å²) >= 11 is 4.06. The van der Waals surface area contributed by atoms with Gasteiger partial charge >= 0.3 is 5.97 Å². The zero-order valence-electron chi connectivity index (χ0n) is 17.1. The monoisotopic (exact) mass is 445 g/mol. The number of carbonyl (C=O) groups excluding carboxylic acids is 4. The maximum atomic E-state index is 12.7. The topological polar surface area (TPSA) is 180 Å². The van der Waals surface area contributed by atoms with Gasteiger partial charge in [-0.2, -0.15) is 12.6 Å². The summed E-state index contributed by atoms with van der Waals surface area (Å²) < 4.78 is 0. The van der Waals surface area contributed by atoms with Crippen molar-refractivity contribution in [3.8, 4) is 0 Å². The molecule has 1 rings (SSSR count). The van der Waals surface area contributed by atoms with Gasteiger partial charge in [0, 0.05) is 12.2 Å². The van der Waals surface area contributed by atoms with Crippen LogP contribution in [0.4, 0.5) is 0 Å². The lowest BCUT2D eigenvalue weighted by atomic mass is 10.0. The summed E-state index contributed by atoms with van der Waals surface area (Å²) in [7, 11) is 0. The fourth-order valence-electron chi connectivity index (χ4n) is 2.97. The summed E-state index contributed by atoms with van der Waals surface area (Å²) in [5.74, 6) is -3.99. The molecule has 0 radical (unpaired) electrons. The molecule has 12 heteroatoms. The Labute approximate surface area is 180 Å². The lowest BCUT2D eigenvalue weighted by molar-refractivity contribution is -0.142. The molecule has 0 aromatic heterocycles. The summed E-state index contributed by atoms with van der Waals surface area (Å²) in [4.78, 5) is 59.7. The van der Waals surface area contributed by atoms with E-state index < -0.39 is 41.8 Å². The maximum Gasteiger partial charge on any atom is 0.326 e. The lowest BCUT2D eigenvalue weighted by Gasteiger charge is -2.26. The number of nitrogens with one attached hydrogen (secondary N) is 4. The van der Waals surface area contributed by atoms with E-state index in [9.17, 15) is 29.1 Å². The zero-order chi connectivity index (χ0) is 22.8. The molecule has 1 fully saturated rings. The van der Waals surface area contributed by atoms with Crippen molar-refractivity contribution in [3.63, 3.8) is 0 Å². The molecule has 0 spiro atoms. The number of amides is 4. The fourth-order valence-corrected chi connectivity index (χ4v) is 3.23. The van der Waals surface area contributed by atoms with Crippen LogP contribution in [-0.2, 0) is 24.0 Å². The van der Waals surface area contributed by atoms with Crippen LogP contribution in [0.25, 0.3) is 0 Å². The Balaban J connectivity index is 2.74. The van der Waals surface area contributed by atoms with Crippen LogP contribution in [-0.4, -0.2) is 71.2 Å². The van der Waals surface area contributed by atoms with Crippen LogP contribution in [0.1, 0.15) is 39.5 Å². The molecule has 0 aliphatic carbocycles. The Bertz CT molecular complexity index is 653. The number of hydrogen-bond acceptors (Lipinski definition) is 7. The normalized spacial score (nSPS) is 18.9. The van der Waals surface area contributed by atoms with Gasteiger partial charge < -0.3 is 32.1 Å². The smallest absolute Gasteiger partial charge is 0.326 e. The summed E-state index contributed by atoms with van der Waals surface area (Å²) in [6.07, 6.45) is 1.16. The highest BCUT2D eigenvalue weighted by atomic mass is 32.1. The molecule has 0 saturated carbocycles. The van der Waals surface area contributed by atoms with Crippen molar-refractivity contribution >= 4 is 42.2 Å². The third-order valence-electron chi connectivity index (χ3n) is 4.73. The van der Waals surface area contributed by atoms with E-state index in [1.54, 1.807) is 13.8 Å². The number of carboxylic acids is 1. The number of primary amides is 1. The predicted octanol–water partition coefficient (Wildman–Crippen LogP) is -1.87. The number of thiol groups is 1. The van der Waals surface area contributed by atoms with Crippen LogP contribution >= 0.6 is 12.6 Å². The average molecular weight is 446 g/mol. The molecule has 7 N–H and O–H groups in total. The predicted molar refractivity (Wildman–Crippen MR) is 112 cm³/mol. The van der Waals surface area contributed by atoms with Crippen molar-refractivity contribution in [2.75, 3.05) is 12.3 Å². The summed E-state index contributed by atoms with van der Waals surface area (Å²) in [6, 6.07) is -3.69. The van der Waals surface area contributed by atoms with Crippen LogP contribution in [0, 0.1) is 5.92 Å². The number of carbonyl (C=O) groups is 5. The van der Waals surface area contributed by atoms with E-state index in [1.807, 2.05) is 0 Å². The Morgan fingerprint density at radius 1 is 1.10 bits per heavy atom. The largest absolute Gasteiger partial charge is 0.480 e. The number of aliphatic carboxylic acids is 1. The third-order valence-corrected chi connectivity index (χ3v) is 5.10. The quantitative estimate of drug-likeness (QED) is 0.172. The van der Waals surface area contributed by atoms with E-state index in [0.29, 0.717) is 6.42 Å². The van der Waals surface area contributed by atoms with Gasteiger partial charge in [0.2, 0.25) is 23.6 Å². The van der Waals surface area contributed by atoms with E-state index in [4.69, 9.17) is 5.73 Å². The van der Waals surface area contributed by atoms with Crippen molar-refractivity contribution in [1.29, 1.82) is 0 Å². The van der Waals surface area contributed by atoms with Crippen molar-refractivity contribution < 1.29 is 29.1 Å². The van der Waals surface area contributed by atoms with E-state index in [2.05, 4.69) is 33.9 Å². The van der Waals surface area contributed by atoms with Gasteiger partial charge in [0.15, 0.2) is 0 Å². The molecule has 4 unspecified atom stereocenters. The highest BCUT2D eigenvalue weighted by Crippen LogP contribution is 2.08. The van der Waals surface area contributed by atoms with Gasteiger partial charge in [-0.3, -0.25) is 19.2 Å². The van der Waals surface area contributed by atoms with E-state index in [0.717, 1.165) is 13.0 Å². The van der Waals surface area contributed by atoms with Crippen molar-refractivity contribution in [1.82, 2.24) is 21.3 Å². The summed E-state index contributed by atoms with van der Waals surface area (Å²) in [5, 5.41) is 19.7. The highest BCUT2D eigenvalue weighted by Gasteiger charge is 2.32. The average Bonchev–Trinajstić information content (AvgIpc) is 3.21. The number of carboxylic acid groups (broad SMARTS) is 1. The molecule has 1 saturated heterocycles. The second-order valence-electron chi connectivity index (χ2n) is 7.53. The van der Waals surface area contributed by atoms with Crippen molar-refractivity contribution in [2.24, 2.45) is 11.7 Å². The third kappa shape index (κ3) is 8.19. The van der Waals surface area contributed by atoms with Crippen LogP contribution in [0.3, 0.4) is 0 Å². The van der Waals surface area contributed by atoms with Gasteiger partial charge in [-0.1, -0.05) is 13.8 Å². The standard InChI is InChI=1S/C18H31N5O6S/c1-9(2)14(23-15(25)10-4-3-7-20-10)17(27)22-12(8-30)16(26)21-11(18(28)29)5-6-13(19)24/h9-12,14,20,30H,3-8H2,1-2H3,(H2,19,24)(H,21,26)(H,22,27)(H,23,25)(H,28,29). The Kier molecular flexibility index (Phi) is 10.6. The van der Waals surface area contributed by atoms with Crippen LogP contribution in [0.5, 0.6) is 0 Å².